The fourth-order valence-electron chi connectivity index (χ4n) is 3.39. The number of nitrogens with zero attached hydrogens (tertiary/aromatic N) is 1. The van der Waals surface area contributed by atoms with E-state index in [0.717, 1.165) is 6.54 Å². The highest BCUT2D eigenvalue weighted by atomic mass is 79.9. The molecule has 0 bridgehead atoms. The van der Waals surface area contributed by atoms with Crippen LogP contribution >= 0.6 is 0 Å². The number of rotatable bonds is 16. The number of hydrogen-bond acceptors (Lipinski definition) is 0. The molecule has 1 aromatic rings. The van der Waals surface area contributed by atoms with Gasteiger partial charge in [-0.15, -0.1) is 6.58 Å². The summed E-state index contributed by atoms with van der Waals surface area (Å²) in [7, 11) is 0. The van der Waals surface area contributed by atoms with Crippen molar-refractivity contribution in [3.8, 4) is 0 Å². The maximum atomic E-state index is 4.04. The Morgan fingerprint density at radius 1 is 0.760 bits per heavy atom. The van der Waals surface area contributed by atoms with Crippen LogP contribution in [0, 0.1) is 5.92 Å². The lowest BCUT2D eigenvalue weighted by Gasteiger charge is -2.11. The summed E-state index contributed by atoms with van der Waals surface area (Å²) in [6, 6.07) is 6.29. The van der Waals surface area contributed by atoms with Crippen molar-refractivity contribution < 1.29 is 21.5 Å². The number of aromatic nitrogens is 1. The average molecular weight is 410 g/mol. The van der Waals surface area contributed by atoms with Crippen LogP contribution in [-0.2, 0) is 6.54 Å². The van der Waals surface area contributed by atoms with Crippen molar-refractivity contribution in [1.82, 2.24) is 0 Å². The molecule has 1 aromatic heterocycles. The van der Waals surface area contributed by atoms with Gasteiger partial charge in [0.25, 0.3) is 0 Å². The van der Waals surface area contributed by atoms with Gasteiger partial charge in [-0.3, -0.25) is 0 Å². The van der Waals surface area contributed by atoms with Gasteiger partial charge in [-0.25, -0.2) is 4.57 Å². The van der Waals surface area contributed by atoms with Gasteiger partial charge >= 0.3 is 0 Å². The third-order valence-electron chi connectivity index (χ3n) is 5.03. The van der Waals surface area contributed by atoms with E-state index in [1.54, 1.807) is 0 Å². The predicted molar refractivity (Wildman–Crippen MR) is 106 cm³/mol. The number of halogens is 1. The van der Waals surface area contributed by atoms with Crippen LogP contribution in [0.5, 0.6) is 0 Å². The Balaban J connectivity index is 0.00000576. The van der Waals surface area contributed by atoms with E-state index in [2.05, 4.69) is 54.7 Å². The first-order valence-corrected chi connectivity index (χ1v) is 10.4. The molecule has 0 radical (unpaired) electrons. The van der Waals surface area contributed by atoms with Gasteiger partial charge in [0.1, 0.15) is 6.54 Å². The van der Waals surface area contributed by atoms with Crippen LogP contribution in [0.2, 0.25) is 0 Å². The molecule has 0 aliphatic rings. The lowest BCUT2D eigenvalue weighted by Crippen LogP contribution is -3.00. The predicted octanol–water partition coefficient (Wildman–Crippen LogP) is 3.87. The first-order chi connectivity index (χ1) is 11.9. The second kappa shape index (κ2) is 18.2. The molecule has 0 aliphatic heterocycles. The number of aryl methyl sites for hydroxylation is 1. The molecular formula is C23H40BrN. The summed E-state index contributed by atoms with van der Waals surface area (Å²) < 4.78 is 2.28. The first kappa shape index (κ1) is 24.4. The van der Waals surface area contributed by atoms with E-state index in [1.165, 1.54) is 83.5 Å². The number of hydrogen-bond donors (Lipinski definition) is 0. The van der Waals surface area contributed by atoms with E-state index in [4.69, 9.17) is 0 Å². The monoisotopic (exact) mass is 409 g/mol. The van der Waals surface area contributed by atoms with Crippen molar-refractivity contribution in [3.05, 3.63) is 43.2 Å². The summed E-state index contributed by atoms with van der Waals surface area (Å²) in [6.07, 6.45) is 24.6. The molecule has 0 saturated heterocycles. The number of allylic oxidation sites excluding steroid dienone is 1. The molecule has 0 N–H and O–H groups in total. The number of unbranched alkanes of at least 4 members (excludes halogenated alkanes) is 9. The van der Waals surface area contributed by atoms with E-state index in [-0.39, 0.29) is 17.0 Å². The second-order valence-electron chi connectivity index (χ2n) is 7.22. The highest BCUT2D eigenvalue weighted by Crippen LogP contribution is 2.18. The molecule has 144 valence electrons. The van der Waals surface area contributed by atoms with Gasteiger partial charge in [-0.2, -0.15) is 0 Å². The molecule has 1 heterocycles. The normalized spacial score (nSPS) is 11.7. The lowest BCUT2D eigenvalue weighted by atomic mass is 9.95. The summed E-state index contributed by atoms with van der Waals surface area (Å²) >= 11 is 0. The molecule has 2 heteroatoms. The van der Waals surface area contributed by atoms with Gasteiger partial charge in [0.05, 0.1) is 0 Å². The molecule has 25 heavy (non-hydrogen) atoms. The van der Waals surface area contributed by atoms with Crippen LogP contribution in [0.15, 0.2) is 43.2 Å². The van der Waals surface area contributed by atoms with E-state index in [0.29, 0.717) is 5.92 Å². The zero-order valence-electron chi connectivity index (χ0n) is 16.5. The fraction of sp³-hybridized carbons (Fsp3) is 0.696. The third kappa shape index (κ3) is 14.2. The number of pyridine rings is 1. The Morgan fingerprint density at radius 2 is 1.28 bits per heavy atom. The molecular weight excluding hydrogens is 370 g/mol. The Labute approximate surface area is 167 Å². The third-order valence-corrected chi connectivity index (χ3v) is 5.03. The van der Waals surface area contributed by atoms with E-state index in [9.17, 15) is 0 Å². The topological polar surface area (TPSA) is 3.88 Å². The smallest absolute Gasteiger partial charge is 0.168 e. The van der Waals surface area contributed by atoms with Crippen LogP contribution in [0.4, 0.5) is 0 Å². The van der Waals surface area contributed by atoms with Gasteiger partial charge in [0.15, 0.2) is 12.4 Å². The minimum atomic E-state index is 0. The quantitative estimate of drug-likeness (QED) is 0.221. The van der Waals surface area contributed by atoms with Crippen molar-refractivity contribution in [3.63, 3.8) is 0 Å². The van der Waals surface area contributed by atoms with E-state index >= 15 is 0 Å². The van der Waals surface area contributed by atoms with Crippen molar-refractivity contribution in [1.29, 1.82) is 0 Å². The maximum Gasteiger partial charge on any atom is 0.168 e. The van der Waals surface area contributed by atoms with Crippen LogP contribution in [-0.4, -0.2) is 0 Å². The molecule has 1 rings (SSSR count). The molecule has 0 spiro atoms. The second-order valence-corrected chi connectivity index (χ2v) is 7.22. The molecule has 0 fully saturated rings. The van der Waals surface area contributed by atoms with Crippen molar-refractivity contribution in [2.24, 2.45) is 5.92 Å². The summed E-state index contributed by atoms with van der Waals surface area (Å²) in [6.45, 7) is 7.46. The van der Waals surface area contributed by atoms with E-state index in [1.807, 2.05) is 0 Å². The molecule has 1 nitrogen and oxygen atoms in total. The van der Waals surface area contributed by atoms with Gasteiger partial charge in [0.2, 0.25) is 0 Å². The summed E-state index contributed by atoms with van der Waals surface area (Å²) in [5.74, 6) is 0.711. The zero-order chi connectivity index (χ0) is 17.3. The van der Waals surface area contributed by atoms with Crippen LogP contribution in [0.3, 0.4) is 0 Å². The van der Waals surface area contributed by atoms with Crippen molar-refractivity contribution in [2.75, 3.05) is 0 Å². The highest BCUT2D eigenvalue weighted by molar-refractivity contribution is 4.83. The fourth-order valence-corrected chi connectivity index (χ4v) is 3.39. The standard InChI is InChI=1S/C23H40N.BrH/c1-3-5-6-7-8-9-10-11-12-14-18-23(4-2)19-17-22-24-20-15-13-16-21-24;/h4,13,15-16,20-21,23H,2-3,5-12,14,17-19,22H2,1H3;1H/q+1;/p-1. The van der Waals surface area contributed by atoms with Gasteiger partial charge in [0, 0.05) is 18.6 Å². The first-order valence-electron chi connectivity index (χ1n) is 10.4. The lowest BCUT2D eigenvalue weighted by molar-refractivity contribution is -0.697. The molecule has 0 aromatic carbocycles. The summed E-state index contributed by atoms with van der Waals surface area (Å²) in [4.78, 5) is 0. The van der Waals surface area contributed by atoms with E-state index < -0.39 is 0 Å². The molecule has 0 saturated carbocycles. The van der Waals surface area contributed by atoms with Crippen LogP contribution < -0.4 is 21.5 Å². The zero-order valence-corrected chi connectivity index (χ0v) is 18.1. The molecule has 1 unspecified atom stereocenters. The molecule has 0 amide bonds. The van der Waals surface area contributed by atoms with Gasteiger partial charge in [-0.1, -0.05) is 83.3 Å². The van der Waals surface area contributed by atoms with Crippen molar-refractivity contribution >= 4 is 0 Å². The van der Waals surface area contributed by atoms with Crippen molar-refractivity contribution in [2.45, 2.75) is 96.9 Å². The Morgan fingerprint density at radius 3 is 1.84 bits per heavy atom. The summed E-state index contributed by atoms with van der Waals surface area (Å²) in [5.41, 5.74) is 0. The van der Waals surface area contributed by atoms with Crippen LogP contribution in [0.25, 0.3) is 0 Å². The highest BCUT2D eigenvalue weighted by Gasteiger charge is 2.06. The Kier molecular flexibility index (Phi) is 17.7. The SMILES string of the molecule is C=CC(CCCCCCCCCCCC)CCC[n+]1ccccc1.[Br-]. The average Bonchev–Trinajstić information content (AvgIpc) is 2.62. The Bertz CT molecular complexity index is 390. The summed E-state index contributed by atoms with van der Waals surface area (Å²) in [5, 5.41) is 0. The maximum absolute atomic E-state index is 4.04. The van der Waals surface area contributed by atoms with Gasteiger partial charge < -0.3 is 17.0 Å². The minimum absolute atomic E-state index is 0. The Hall–Kier alpha value is -0.630. The minimum Gasteiger partial charge on any atom is -1.00 e. The molecule has 0 aliphatic carbocycles. The largest absolute Gasteiger partial charge is 1.00 e. The van der Waals surface area contributed by atoms with Crippen LogP contribution in [0.1, 0.15) is 90.4 Å². The van der Waals surface area contributed by atoms with Gasteiger partial charge in [-0.05, 0) is 18.8 Å². The molecule has 1 atom stereocenters.